The maximum absolute atomic E-state index is 11.1. The minimum absolute atomic E-state index is 0.0863. The Kier molecular flexibility index (Phi) is 5.33. The molecule has 0 bridgehead atoms. The summed E-state index contributed by atoms with van der Waals surface area (Å²) < 4.78 is 5.77. The summed E-state index contributed by atoms with van der Waals surface area (Å²) in [5.41, 5.74) is 5.23. The predicted octanol–water partition coefficient (Wildman–Crippen LogP) is 1.20. The number of anilines is 1. The molecule has 0 atom stereocenters. The number of carbonyl (C=O) groups is 1. The molecule has 1 rings (SSSR count). The van der Waals surface area contributed by atoms with Crippen molar-refractivity contribution in [3.8, 4) is 5.88 Å². The fourth-order valence-electron chi connectivity index (χ4n) is 1.48. The van der Waals surface area contributed by atoms with Crippen LogP contribution in [0.4, 0.5) is 5.95 Å². The van der Waals surface area contributed by atoms with E-state index in [0.717, 1.165) is 0 Å². The lowest BCUT2D eigenvalue weighted by Gasteiger charge is -2.23. The summed E-state index contributed by atoms with van der Waals surface area (Å²) >= 11 is 3.28. The van der Waals surface area contributed by atoms with E-state index in [0.29, 0.717) is 28.8 Å². The van der Waals surface area contributed by atoms with Gasteiger partial charge in [-0.15, -0.1) is 0 Å². The molecule has 1 amide bonds. The van der Waals surface area contributed by atoms with Crippen molar-refractivity contribution >= 4 is 27.8 Å². The second-order valence-corrected chi connectivity index (χ2v) is 5.12. The minimum Gasteiger partial charge on any atom is -0.480 e. The van der Waals surface area contributed by atoms with E-state index in [-0.39, 0.29) is 6.54 Å². The Bertz CT molecular complexity index is 426. The summed E-state index contributed by atoms with van der Waals surface area (Å²) in [6, 6.07) is 0. The van der Waals surface area contributed by atoms with Crippen molar-refractivity contribution in [1.29, 1.82) is 0 Å². The van der Waals surface area contributed by atoms with Gasteiger partial charge >= 0.3 is 0 Å². The molecule has 0 aliphatic rings. The molecule has 2 N–H and O–H groups in total. The van der Waals surface area contributed by atoms with Gasteiger partial charge in [0.25, 0.3) is 0 Å². The number of carbonyl (C=O) groups excluding carboxylic acids is 1. The van der Waals surface area contributed by atoms with Gasteiger partial charge in [-0.25, -0.2) is 4.98 Å². The third-order valence-electron chi connectivity index (χ3n) is 2.11. The Hall–Kier alpha value is -1.37. The van der Waals surface area contributed by atoms with Gasteiger partial charge in [0.05, 0.1) is 24.3 Å². The lowest BCUT2D eigenvalue weighted by atomic mass is 10.2. The van der Waals surface area contributed by atoms with E-state index in [1.165, 1.54) is 7.11 Å². The van der Waals surface area contributed by atoms with Gasteiger partial charge in [0.15, 0.2) is 0 Å². The van der Waals surface area contributed by atoms with E-state index < -0.39 is 5.91 Å². The second-order valence-electron chi connectivity index (χ2n) is 4.27. The van der Waals surface area contributed by atoms with E-state index in [1.807, 2.05) is 13.8 Å². The average Bonchev–Trinajstić information content (AvgIpc) is 2.27. The average molecular weight is 317 g/mol. The summed E-state index contributed by atoms with van der Waals surface area (Å²) in [6.07, 6.45) is 1.59. The highest BCUT2D eigenvalue weighted by atomic mass is 79.9. The number of nitrogens with two attached hydrogens (primary N) is 1. The highest BCUT2D eigenvalue weighted by Crippen LogP contribution is 2.23. The summed E-state index contributed by atoms with van der Waals surface area (Å²) in [6.45, 7) is 4.82. The van der Waals surface area contributed by atoms with E-state index >= 15 is 0 Å². The molecule has 0 aromatic carbocycles. The number of halogens is 1. The fourth-order valence-corrected chi connectivity index (χ4v) is 1.84. The number of primary amides is 1. The van der Waals surface area contributed by atoms with Crippen molar-refractivity contribution in [1.82, 2.24) is 9.97 Å². The van der Waals surface area contributed by atoms with Crippen molar-refractivity contribution in [2.45, 2.75) is 13.8 Å². The van der Waals surface area contributed by atoms with Crippen molar-refractivity contribution in [3.05, 3.63) is 10.7 Å². The third-order valence-corrected chi connectivity index (χ3v) is 2.65. The van der Waals surface area contributed by atoms with E-state index in [4.69, 9.17) is 10.5 Å². The van der Waals surface area contributed by atoms with Gasteiger partial charge < -0.3 is 15.4 Å². The normalized spacial score (nSPS) is 10.5. The number of methoxy groups -OCH3 is 1. The molecule has 0 unspecified atom stereocenters. The van der Waals surface area contributed by atoms with Gasteiger partial charge in [0.2, 0.25) is 17.7 Å². The third kappa shape index (κ3) is 4.14. The maximum atomic E-state index is 11.1. The first-order valence-electron chi connectivity index (χ1n) is 5.53. The van der Waals surface area contributed by atoms with Crippen LogP contribution in [0, 0.1) is 5.92 Å². The number of aromatic nitrogens is 2. The molecule has 0 fully saturated rings. The number of hydrogen-bond acceptors (Lipinski definition) is 5. The van der Waals surface area contributed by atoms with Crippen LogP contribution in [0.3, 0.4) is 0 Å². The molecule has 0 saturated carbocycles. The second kappa shape index (κ2) is 6.53. The molecular formula is C11H17BrN4O2. The standard InChI is InChI=1S/C11H17BrN4O2/c1-7(2)5-16(6-9(13)17)11-14-4-8(12)10(15-11)18-3/h4,7H,5-6H2,1-3H3,(H2,13,17). The van der Waals surface area contributed by atoms with Crippen LogP contribution in [0.15, 0.2) is 10.7 Å². The molecule has 18 heavy (non-hydrogen) atoms. The lowest BCUT2D eigenvalue weighted by molar-refractivity contribution is -0.116. The first-order valence-corrected chi connectivity index (χ1v) is 6.33. The number of hydrogen-bond donors (Lipinski definition) is 1. The Morgan fingerprint density at radius 2 is 2.28 bits per heavy atom. The smallest absolute Gasteiger partial charge is 0.237 e. The highest BCUT2D eigenvalue weighted by Gasteiger charge is 2.16. The van der Waals surface area contributed by atoms with Crippen LogP contribution in [0.1, 0.15) is 13.8 Å². The molecule has 1 aromatic rings. The van der Waals surface area contributed by atoms with Gasteiger partial charge in [0.1, 0.15) is 0 Å². The van der Waals surface area contributed by atoms with Crippen LogP contribution in [-0.2, 0) is 4.79 Å². The maximum Gasteiger partial charge on any atom is 0.237 e. The highest BCUT2D eigenvalue weighted by molar-refractivity contribution is 9.10. The molecule has 1 aromatic heterocycles. The van der Waals surface area contributed by atoms with Gasteiger partial charge in [-0.3, -0.25) is 4.79 Å². The van der Waals surface area contributed by atoms with Crippen LogP contribution in [0.5, 0.6) is 5.88 Å². The molecule has 0 radical (unpaired) electrons. The van der Waals surface area contributed by atoms with Crippen LogP contribution < -0.4 is 15.4 Å². The minimum atomic E-state index is -0.416. The Balaban J connectivity index is 3.00. The van der Waals surface area contributed by atoms with Crippen molar-refractivity contribution in [2.24, 2.45) is 11.7 Å². The van der Waals surface area contributed by atoms with Crippen LogP contribution in [0.2, 0.25) is 0 Å². The van der Waals surface area contributed by atoms with Gasteiger partial charge in [-0.05, 0) is 21.8 Å². The van der Waals surface area contributed by atoms with Crippen molar-refractivity contribution in [2.75, 3.05) is 25.1 Å². The van der Waals surface area contributed by atoms with Crippen molar-refractivity contribution < 1.29 is 9.53 Å². The predicted molar refractivity (Wildman–Crippen MR) is 72.5 cm³/mol. The summed E-state index contributed by atoms with van der Waals surface area (Å²) in [5, 5.41) is 0. The van der Waals surface area contributed by atoms with Gasteiger partial charge in [-0.1, -0.05) is 13.8 Å². The Morgan fingerprint density at radius 3 is 2.78 bits per heavy atom. The number of rotatable bonds is 6. The molecule has 7 heteroatoms. The summed E-state index contributed by atoms with van der Waals surface area (Å²) in [5.74, 6) is 0.810. The summed E-state index contributed by atoms with van der Waals surface area (Å²) in [7, 11) is 1.53. The van der Waals surface area contributed by atoms with Crippen LogP contribution in [0.25, 0.3) is 0 Å². The zero-order valence-corrected chi connectivity index (χ0v) is 12.3. The Morgan fingerprint density at radius 1 is 1.61 bits per heavy atom. The molecule has 6 nitrogen and oxygen atoms in total. The Labute approximate surface area is 115 Å². The summed E-state index contributed by atoms with van der Waals surface area (Å²) in [4.78, 5) is 21.2. The zero-order valence-electron chi connectivity index (χ0n) is 10.7. The first-order chi connectivity index (χ1) is 8.43. The molecular weight excluding hydrogens is 300 g/mol. The monoisotopic (exact) mass is 316 g/mol. The van der Waals surface area contributed by atoms with Crippen LogP contribution >= 0.6 is 15.9 Å². The molecule has 0 aliphatic heterocycles. The van der Waals surface area contributed by atoms with E-state index in [2.05, 4.69) is 25.9 Å². The molecule has 100 valence electrons. The van der Waals surface area contributed by atoms with Gasteiger partial charge in [0, 0.05) is 6.54 Å². The largest absolute Gasteiger partial charge is 0.480 e. The number of amides is 1. The quantitative estimate of drug-likeness (QED) is 0.852. The molecule has 0 saturated heterocycles. The van der Waals surface area contributed by atoms with E-state index in [9.17, 15) is 4.79 Å². The molecule has 0 spiro atoms. The first kappa shape index (κ1) is 14.7. The van der Waals surface area contributed by atoms with Crippen LogP contribution in [-0.4, -0.2) is 36.1 Å². The fraction of sp³-hybridized carbons (Fsp3) is 0.545. The number of nitrogens with zero attached hydrogens (tertiary/aromatic N) is 3. The number of ether oxygens (including phenoxy) is 1. The SMILES string of the molecule is COc1nc(N(CC(N)=O)CC(C)C)ncc1Br. The van der Waals surface area contributed by atoms with Crippen molar-refractivity contribution in [3.63, 3.8) is 0 Å². The molecule has 0 aliphatic carbocycles. The molecule has 1 heterocycles. The lowest BCUT2D eigenvalue weighted by Crippen LogP contribution is -2.37. The van der Waals surface area contributed by atoms with Gasteiger partial charge in [-0.2, -0.15) is 4.98 Å². The topological polar surface area (TPSA) is 81.3 Å². The van der Waals surface area contributed by atoms with E-state index in [1.54, 1.807) is 11.1 Å². The zero-order chi connectivity index (χ0) is 13.7.